The molecule has 19 heavy (non-hydrogen) atoms. The highest BCUT2D eigenvalue weighted by Gasteiger charge is 2.17. The number of carbonyl (C=O) groups is 2. The minimum Gasteiger partial charge on any atom is -0.462 e. The summed E-state index contributed by atoms with van der Waals surface area (Å²) in [6.07, 6.45) is -0.860. The van der Waals surface area contributed by atoms with E-state index in [1.807, 2.05) is 0 Å². The van der Waals surface area contributed by atoms with Gasteiger partial charge in [0.25, 0.3) is 0 Å². The van der Waals surface area contributed by atoms with E-state index < -0.39 is 12.1 Å². The molecule has 1 aromatic carbocycles. The van der Waals surface area contributed by atoms with Gasteiger partial charge in [0, 0.05) is 0 Å². The molecule has 0 aliphatic carbocycles. The van der Waals surface area contributed by atoms with Crippen LogP contribution >= 0.6 is 0 Å². The molecule has 0 aromatic heterocycles. The maximum absolute atomic E-state index is 11.7. The Morgan fingerprint density at radius 1 is 1.16 bits per heavy atom. The molecule has 0 aliphatic rings. The molecule has 0 saturated heterocycles. The molecule has 6 nitrogen and oxygen atoms in total. The lowest BCUT2D eigenvalue weighted by molar-refractivity contribution is -0.0802. The van der Waals surface area contributed by atoms with Crippen molar-refractivity contribution < 1.29 is 24.3 Å². The molecule has 0 radical (unpaired) electrons. The van der Waals surface area contributed by atoms with E-state index in [4.69, 9.17) is 4.74 Å². The number of esters is 1. The highest BCUT2D eigenvalue weighted by atomic mass is 16.6. The van der Waals surface area contributed by atoms with Crippen LogP contribution in [-0.4, -0.2) is 35.5 Å². The summed E-state index contributed by atoms with van der Waals surface area (Å²) in [5, 5.41) is 9.96. The van der Waals surface area contributed by atoms with Crippen molar-refractivity contribution in [1.82, 2.24) is 5.06 Å². The van der Waals surface area contributed by atoms with Crippen LogP contribution in [0.1, 0.15) is 29.8 Å². The Morgan fingerprint density at radius 3 is 2.42 bits per heavy atom. The molecular formula is C13H17NO5. The SMILES string of the molecule is CCOC(=O)c1ccccc1CN(O)C(=O)OCC. The second-order valence-electron chi connectivity index (χ2n) is 3.63. The molecule has 0 bridgehead atoms. The number of ether oxygens (including phenoxy) is 2. The van der Waals surface area contributed by atoms with Gasteiger partial charge in [0.2, 0.25) is 0 Å². The van der Waals surface area contributed by atoms with Crippen molar-refractivity contribution in [1.29, 1.82) is 0 Å². The van der Waals surface area contributed by atoms with E-state index in [1.54, 1.807) is 38.1 Å². The van der Waals surface area contributed by atoms with E-state index >= 15 is 0 Å². The predicted octanol–water partition coefficient (Wildman–Crippen LogP) is 2.21. The summed E-state index contributed by atoms with van der Waals surface area (Å²) in [5.41, 5.74) is 0.796. The van der Waals surface area contributed by atoms with E-state index in [-0.39, 0.29) is 19.8 Å². The van der Waals surface area contributed by atoms with Gasteiger partial charge < -0.3 is 9.47 Å². The molecule has 1 N–H and O–H groups in total. The predicted molar refractivity (Wildman–Crippen MR) is 66.8 cm³/mol. The van der Waals surface area contributed by atoms with E-state index in [9.17, 15) is 14.8 Å². The Hall–Kier alpha value is -2.08. The van der Waals surface area contributed by atoms with Crippen molar-refractivity contribution in [2.75, 3.05) is 13.2 Å². The number of benzene rings is 1. The van der Waals surface area contributed by atoms with Crippen LogP contribution in [0.2, 0.25) is 0 Å². The highest BCUT2D eigenvalue weighted by Crippen LogP contribution is 2.13. The van der Waals surface area contributed by atoms with Gasteiger partial charge in [0.15, 0.2) is 0 Å². The summed E-state index contributed by atoms with van der Waals surface area (Å²) < 4.78 is 9.55. The van der Waals surface area contributed by atoms with Gasteiger partial charge in [-0.3, -0.25) is 5.21 Å². The first-order valence-electron chi connectivity index (χ1n) is 5.98. The number of hydroxylamine groups is 2. The lowest BCUT2D eigenvalue weighted by Gasteiger charge is -2.16. The van der Waals surface area contributed by atoms with Crippen LogP contribution in [0.3, 0.4) is 0 Å². The van der Waals surface area contributed by atoms with Crippen molar-refractivity contribution in [2.45, 2.75) is 20.4 Å². The zero-order chi connectivity index (χ0) is 14.3. The molecule has 1 amide bonds. The molecular weight excluding hydrogens is 250 g/mol. The lowest BCUT2D eigenvalue weighted by Crippen LogP contribution is -2.28. The molecule has 1 aromatic rings. The number of nitrogens with zero attached hydrogens (tertiary/aromatic N) is 1. The first kappa shape index (κ1) is 15.0. The normalized spacial score (nSPS) is 9.84. The van der Waals surface area contributed by atoms with Crippen molar-refractivity contribution in [3.8, 4) is 0 Å². The molecule has 0 heterocycles. The maximum atomic E-state index is 11.7. The van der Waals surface area contributed by atoms with Gasteiger partial charge in [0.05, 0.1) is 25.3 Å². The Kier molecular flexibility index (Phi) is 5.81. The number of carbonyl (C=O) groups excluding carboxylic acids is 2. The van der Waals surface area contributed by atoms with Gasteiger partial charge in [-0.15, -0.1) is 0 Å². The summed E-state index contributed by atoms with van der Waals surface area (Å²) in [6.45, 7) is 3.62. The third-order valence-corrected chi connectivity index (χ3v) is 2.31. The second kappa shape index (κ2) is 7.38. The van der Waals surface area contributed by atoms with Crippen LogP contribution in [-0.2, 0) is 16.0 Å². The molecule has 0 fully saturated rings. The molecule has 0 unspecified atom stereocenters. The minimum atomic E-state index is -0.860. The lowest BCUT2D eigenvalue weighted by atomic mass is 10.1. The molecule has 104 valence electrons. The van der Waals surface area contributed by atoms with Crippen LogP contribution in [0.25, 0.3) is 0 Å². The summed E-state index contributed by atoms with van der Waals surface area (Å²) in [6, 6.07) is 6.60. The first-order chi connectivity index (χ1) is 9.10. The number of hydrogen-bond acceptors (Lipinski definition) is 5. The van der Waals surface area contributed by atoms with Crippen LogP contribution < -0.4 is 0 Å². The Morgan fingerprint density at radius 2 is 1.79 bits per heavy atom. The summed E-state index contributed by atoms with van der Waals surface area (Å²) in [4.78, 5) is 23.0. The Labute approximate surface area is 111 Å². The van der Waals surface area contributed by atoms with Crippen LogP contribution in [0.5, 0.6) is 0 Å². The zero-order valence-corrected chi connectivity index (χ0v) is 11.0. The summed E-state index contributed by atoms with van der Waals surface area (Å²) >= 11 is 0. The average Bonchev–Trinajstić information content (AvgIpc) is 2.39. The molecule has 1 rings (SSSR count). The highest BCUT2D eigenvalue weighted by molar-refractivity contribution is 5.91. The fraction of sp³-hybridized carbons (Fsp3) is 0.385. The number of amides is 1. The van der Waals surface area contributed by atoms with Crippen molar-refractivity contribution in [2.24, 2.45) is 0 Å². The van der Waals surface area contributed by atoms with Gasteiger partial charge in [-0.25, -0.2) is 9.59 Å². The second-order valence-corrected chi connectivity index (χ2v) is 3.63. The zero-order valence-electron chi connectivity index (χ0n) is 11.0. The quantitative estimate of drug-likeness (QED) is 0.503. The number of rotatable bonds is 5. The smallest absolute Gasteiger partial charge is 0.434 e. The van der Waals surface area contributed by atoms with Crippen LogP contribution in [0.4, 0.5) is 4.79 Å². The van der Waals surface area contributed by atoms with E-state index in [0.29, 0.717) is 16.2 Å². The average molecular weight is 267 g/mol. The van der Waals surface area contributed by atoms with Crippen molar-refractivity contribution >= 4 is 12.1 Å². The van der Waals surface area contributed by atoms with Gasteiger partial charge >= 0.3 is 12.1 Å². The topological polar surface area (TPSA) is 76.1 Å². The van der Waals surface area contributed by atoms with E-state index in [1.165, 1.54) is 0 Å². The third kappa shape index (κ3) is 4.26. The molecule has 0 spiro atoms. The van der Waals surface area contributed by atoms with Gasteiger partial charge in [-0.2, -0.15) is 5.06 Å². The fourth-order valence-electron chi connectivity index (χ4n) is 1.49. The van der Waals surface area contributed by atoms with Gasteiger partial charge in [-0.05, 0) is 25.5 Å². The molecule has 0 saturated carbocycles. The molecule has 6 heteroatoms. The maximum Gasteiger partial charge on any atom is 0.434 e. The largest absolute Gasteiger partial charge is 0.462 e. The fourth-order valence-corrected chi connectivity index (χ4v) is 1.49. The first-order valence-corrected chi connectivity index (χ1v) is 5.98. The van der Waals surface area contributed by atoms with Gasteiger partial charge in [-0.1, -0.05) is 18.2 Å². The van der Waals surface area contributed by atoms with E-state index in [0.717, 1.165) is 0 Å². The van der Waals surface area contributed by atoms with Crippen LogP contribution in [0, 0.1) is 0 Å². The van der Waals surface area contributed by atoms with E-state index in [2.05, 4.69) is 4.74 Å². The Balaban J connectivity index is 2.83. The summed E-state index contributed by atoms with van der Waals surface area (Å²) in [7, 11) is 0. The minimum absolute atomic E-state index is 0.145. The third-order valence-electron chi connectivity index (χ3n) is 2.31. The standard InChI is InChI=1S/C13H17NO5/c1-3-18-12(15)11-8-6-5-7-10(11)9-14(17)13(16)19-4-2/h5-8,17H,3-4,9H2,1-2H3. The summed E-state index contributed by atoms with van der Waals surface area (Å²) in [5.74, 6) is -0.490. The van der Waals surface area contributed by atoms with Crippen LogP contribution in [0.15, 0.2) is 24.3 Å². The Bertz CT molecular complexity index is 446. The number of hydrogen-bond donors (Lipinski definition) is 1. The van der Waals surface area contributed by atoms with Crippen molar-refractivity contribution in [3.63, 3.8) is 0 Å². The van der Waals surface area contributed by atoms with Crippen molar-refractivity contribution in [3.05, 3.63) is 35.4 Å². The van der Waals surface area contributed by atoms with Gasteiger partial charge in [0.1, 0.15) is 0 Å². The monoisotopic (exact) mass is 267 g/mol. The molecule has 0 aliphatic heterocycles. The molecule has 0 atom stereocenters.